The molecule has 0 unspecified atom stereocenters. The summed E-state index contributed by atoms with van der Waals surface area (Å²) in [6, 6.07) is 0.670. The van der Waals surface area contributed by atoms with Crippen LogP contribution < -0.4 is 5.32 Å². The molecule has 0 aromatic heterocycles. The van der Waals surface area contributed by atoms with Gasteiger partial charge in [0.2, 0.25) is 0 Å². The van der Waals surface area contributed by atoms with Gasteiger partial charge in [0, 0.05) is 6.04 Å². The third kappa shape index (κ3) is 2.05. The van der Waals surface area contributed by atoms with Gasteiger partial charge in [-0.25, -0.2) is 0 Å². The minimum absolute atomic E-state index is 0.272. The van der Waals surface area contributed by atoms with Gasteiger partial charge in [-0.05, 0) is 51.0 Å². The summed E-state index contributed by atoms with van der Waals surface area (Å²) in [5, 5.41) is 13.7. The predicted molar refractivity (Wildman–Crippen MR) is 53.6 cm³/mol. The molecule has 0 heterocycles. The second kappa shape index (κ2) is 3.58. The van der Waals surface area contributed by atoms with Crippen LogP contribution in [-0.4, -0.2) is 23.3 Å². The highest BCUT2D eigenvalue weighted by atomic mass is 16.3. The van der Waals surface area contributed by atoms with E-state index in [0.29, 0.717) is 12.0 Å². The highest BCUT2D eigenvalue weighted by Gasteiger charge is 2.45. The minimum Gasteiger partial charge on any atom is -0.390 e. The molecule has 0 bridgehead atoms. The lowest BCUT2D eigenvalue weighted by atomic mass is 9.79. The van der Waals surface area contributed by atoms with Crippen LogP contribution in [0, 0.1) is 5.92 Å². The van der Waals surface area contributed by atoms with E-state index in [-0.39, 0.29) is 5.60 Å². The highest BCUT2D eigenvalue weighted by Crippen LogP contribution is 2.46. The SMILES string of the molecule is CCNC1CCC(O)(C2CC2)CC1. The van der Waals surface area contributed by atoms with Crippen LogP contribution in [0.3, 0.4) is 0 Å². The molecule has 2 N–H and O–H groups in total. The standard InChI is InChI=1S/C11H21NO/c1-2-12-10-5-7-11(13,8-6-10)9-3-4-9/h9-10,12-13H,2-8H2,1H3. The first-order chi connectivity index (χ1) is 6.24. The number of nitrogens with one attached hydrogen (secondary N) is 1. The van der Waals surface area contributed by atoms with Gasteiger partial charge in [0.05, 0.1) is 5.60 Å². The summed E-state index contributed by atoms with van der Waals surface area (Å²) in [5.74, 6) is 0.648. The summed E-state index contributed by atoms with van der Waals surface area (Å²) in [6.45, 7) is 3.22. The van der Waals surface area contributed by atoms with Crippen molar-refractivity contribution in [3.05, 3.63) is 0 Å². The maximum Gasteiger partial charge on any atom is 0.0677 e. The zero-order chi connectivity index (χ0) is 9.31. The van der Waals surface area contributed by atoms with Crippen molar-refractivity contribution >= 4 is 0 Å². The van der Waals surface area contributed by atoms with E-state index < -0.39 is 0 Å². The zero-order valence-corrected chi connectivity index (χ0v) is 8.55. The monoisotopic (exact) mass is 183 g/mol. The molecule has 0 spiro atoms. The molecular formula is C11H21NO. The average molecular weight is 183 g/mol. The Kier molecular flexibility index (Phi) is 2.61. The van der Waals surface area contributed by atoms with Gasteiger partial charge in [0.25, 0.3) is 0 Å². The van der Waals surface area contributed by atoms with Crippen molar-refractivity contribution in [2.45, 2.75) is 57.1 Å². The van der Waals surface area contributed by atoms with Crippen molar-refractivity contribution in [2.24, 2.45) is 5.92 Å². The van der Waals surface area contributed by atoms with Crippen LogP contribution in [0.15, 0.2) is 0 Å². The predicted octanol–water partition coefficient (Wildman–Crippen LogP) is 1.68. The molecule has 2 aliphatic carbocycles. The highest BCUT2D eigenvalue weighted by molar-refractivity contribution is 4.98. The molecule has 0 aromatic carbocycles. The van der Waals surface area contributed by atoms with Gasteiger partial charge in [-0.2, -0.15) is 0 Å². The minimum atomic E-state index is -0.272. The molecule has 13 heavy (non-hydrogen) atoms. The van der Waals surface area contributed by atoms with Crippen LogP contribution in [0.1, 0.15) is 45.4 Å². The lowest BCUT2D eigenvalue weighted by molar-refractivity contribution is -0.0234. The Morgan fingerprint density at radius 1 is 1.23 bits per heavy atom. The van der Waals surface area contributed by atoms with Gasteiger partial charge >= 0.3 is 0 Å². The van der Waals surface area contributed by atoms with Crippen molar-refractivity contribution in [2.75, 3.05) is 6.54 Å². The Morgan fingerprint density at radius 2 is 1.85 bits per heavy atom. The van der Waals surface area contributed by atoms with E-state index in [1.165, 1.54) is 25.7 Å². The van der Waals surface area contributed by atoms with Gasteiger partial charge < -0.3 is 10.4 Å². The Bertz CT molecular complexity index is 169. The molecule has 0 atom stereocenters. The van der Waals surface area contributed by atoms with E-state index in [1.807, 2.05) is 0 Å². The number of rotatable bonds is 3. The fraction of sp³-hybridized carbons (Fsp3) is 1.00. The van der Waals surface area contributed by atoms with Crippen LogP contribution >= 0.6 is 0 Å². The van der Waals surface area contributed by atoms with Gasteiger partial charge in [0.1, 0.15) is 0 Å². The zero-order valence-electron chi connectivity index (χ0n) is 8.55. The molecule has 2 nitrogen and oxygen atoms in total. The van der Waals surface area contributed by atoms with Gasteiger partial charge in [-0.1, -0.05) is 6.92 Å². The Hall–Kier alpha value is -0.0800. The lowest BCUT2D eigenvalue weighted by Gasteiger charge is -2.36. The van der Waals surface area contributed by atoms with Crippen LogP contribution in [0.2, 0.25) is 0 Å². The largest absolute Gasteiger partial charge is 0.390 e. The number of hydrogen-bond acceptors (Lipinski definition) is 2. The van der Waals surface area contributed by atoms with Crippen LogP contribution in [0.5, 0.6) is 0 Å². The number of aliphatic hydroxyl groups is 1. The molecule has 76 valence electrons. The summed E-state index contributed by atoms with van der Waals surface area (Å²) in [4.78, 5) is 0. The van der Waals surface area contributed by atoms with Crippen LogP contribution in [0.4, 0.5) is 0 Å². The fourth-order valence-corrected chi connectivity index (χ4v) is 2.64. The van der Waals surface area contributed by atoms with E-state index >= 15 is 0 Å². The summed E-state index contributed by atoms with van der Waals surface area (Å²) in [5.41, 5.74) is -0.272. The Balaban J connectivity index is 1.81. The maximum atomic E-state index is 10.3. The van der Waals surface area contributed by atoms with Gasteiger partial charge in [-0.3, -0.25) is 0 Å². The van der Waals surface area contributed by atoms with E-state index in [4.69, 9.17) is 0 Å². The first-order valence-corrected chi connectivity index (χ1v) is 5.70. The second-order valence-electron chi connectivity index (χ2n) is 4.71. The normalized spacial score (nSPS) is 40.6. The van der Waals surface area contributed by atoms with Crippen LogP contribution in [0.25, 0.3) is 0 Å². The fourth-order valence-electron chi connectivity index (χ4n) is 2.64. The van der Waals surface area contributed by atoms with Crippen molar-refractivity contribution in [1.29, 1.82) is 0 Å². The molecule has 2 aliphatic rings. The molecule has 0 amide bonds. The van der Waals surface area contributed by atoms with Crippen LogP contribution in [-0.2, 0) is 0 Å². The van der Waals surface area contributed by atoms with E-state index in [0.717, 1.165) is 19.4 Å². The number of hydrogen-bond donors (Lipinski definition) is 2. The summed E-state index contributed by atoms with van der Waals surface area (Å²) in [7, 11) is 0. The Labute approximate surface area is 80.7 Å². The smallest absolute Gasteiger partial charge is 0.0677 e. The summed E-state index contributed by atoms with van der Waals surface area (Å²) >= 11 is 0. The van der Waals surface area contributed by atoms with Crippen molar-refractivity contribution < 1.29 is 5.11 Å². The van der Waals surface area contributed by atoms with E-state index in [1.54, 1.807) is 0 Å². The first kappa shape index (κ1) is 9.47. The molecule has 0 radical (unpaired) electrons. The third-order valence-corrected chi connectivity index (χ3v) is 3.68. The lowest BCUT2D eigenvalue weighted by Crippen LogP contribution is -2.42. The molecule has 0 aliphatic heterocycles. The summed E-state index contributed by atoms with van der Waals surface area (Å²) < 4.78 is 0. The Morgan fingerprint density at radius 3 is 2.31 bits per heavy atom. The molecular weight excluding hydrogens is 162 g/mol. The van der Waals surface area contributed by atoms with Crippen molar-refractivity contribution in [1.82, 2.24) is 5.32 Å². The molecule has 2 fully saturated rings. The second-order valence-corrected chi connectivity index (χ2v) is 4.71. The van der Waals surface area contributed by atoms with Crippen molar-refractivity contribution in [3.8, 4) is 0 Å². The van der Waals surface area contributed by atoms with E-state index in [9.17, 15) is 5.11 Å². The molecule has 2 rings (SSSR count). The molecule has 2 saturated carbocycles. The molecule has 2 heteroatoms. The third-order valence-electron chi connectivity index (χ3n) is 3.68. The first-order valence-electron chi connectivity index (χ1n) is 5.70. The molecule has 0 aromatic rings. The molecule has 0 saturated heterocycles. The quantitative estimate of drug-likeness (QED) is 0.697. The van der Waals surface area contributed by atoms with Gasteiger partial charge in [-0.15, -0.1) is 0 Å². The van der Waals surface area contributed by atoms with Gasteiger partial charge in [0.15, 0.2) is 0 Å². The average Bonchev–Trinajstić information content (AvgIpc) is 2.92. The summed E-state index contributed by atoms with van der Waals surface area (Å²) in [6.07, 6.45) is 6.91. The van der Waals surface area contributed by atoms with E-state index in [2.05, 4.69) is 12.2 Å². The topological polar surface area (TPSA) is 32.3 Å². The van der Waals surface area contributed by atoms with Crippen molar-refractivity contribution in [3.63, 3.8) is 0 Å². The maximum absolute atomic E-state index is 10.3.